The van der Waals surface area contributed by atoms with Gasteiger partial charge in [0.15, 0.2) is 0 Å². The van der Waals surface area contributed by atoms with Crippen LogP contribution >= 0.6 is 0 Å². The van der Waals surface area contributed by atoms with Crippen LogP contribution < -0.4 is 0 Å². The Bertz CT molecular complexity index is 444. The van der Waals surface area contributed by atoms with E-state index in [0.29, 0.717) is 12.3 Å². The fourth-order valence-electron chi connectivity index (χ4n) is 5.69. The van der Waals surface area contributed by atoms with E-state index in [9.17, 15) is 9.90 Å². The summed E-state index contributed by atoms with van der Waals surface area (Å²) < 4.78 is 5.35. The molecule has 4 rings (SSSR count). The van der Waals surface area contributed by atoms with Crippen molar-refractivity contribution in [3.05, 3.63) is 12.2 Å². The van der Waals surface area contributed by atoms with Crippen molar-refractivity contribution in [2.24, 2.45) is 41.4 Å². The highest BCUT2D eigenvalue weighted by Gasteiger charge is 2.62. The minimum absolute atomic E-state index is 0.0461. The lowest BCUT2D eigenvalue weighted by Gasteiger charge is -2.35. The minimum Gasteiger partial charge on any atom is -0.463 e. The van der Waals surface area contributed by atoms with E-state index in [-0.39, 0.29) is 18.5 Å². The zero-order valence-electron chi connectivity index (χ0n) is 12.1. The van der Waals surface area contributed by atoms with Crippen LogP contribution in [-0.4, -0.2) is 23.8 Å². The molecule has 0 saturated heterocycles. The van der Waals surface area contributed by atoms with Gasteiger partial charge < -0.3 is 9.84 Å². The number of hydrogen-bond acceptors (Lipinski definition) is 3. The molecule has 4 aliphatic rings. The molecule has 0 radical (unpaired) electrons. The number of rotatable bonds is 4. The predicted octanol–water partition coefficient (Wildman–Crippen LogP) is 2.39. The number of aliphatic hydroxyl groups is 1. The first-order chi connectivity index (χ1) is 9.69. The highest BCUT2D eigenvalue weighted by Crippen LogP contribution is 2.67. The number of carbonyl (C=O) groups excluding carboxylic acids is 1. The van der Waals surface area contributed by atoms with Gasteiger partial charge in [-0.3, -0.25) is 4.79 Å². The van der Waals surface area contributed by atoms with Crippen LogP contribution in [0.4, 0.5) is 0 Å². The van der Waals surface area contributed by atoms with Gasteiger partial charge in [-0.1, -0.05) is 19.1 Å². The summed E-state index contributed by atoms with van der Waals surface area (Å²) in [5, 5.41) is 9.53. The topological polar surface area (TPSA) is 46.5 Å². The molecule has 20 heavy (non-hydrogen) atoms. The van der Waals surface area contributed by atoms with Crippen molar-refractivity contribution >= 4 is 5.97 Å². The monoisotopic (exact) mass is 276 g/mol. The fraction of sp³-hybridized carbons (Fsp3) is 0.824. The number of hydrogen-bond donors (Lipinski definition) is 1. The second-order valence-corrected chi connectivity index (χ2v) is 7.30. The van der Waals surface area contributed by atoms with Gasteiger partial charge in [-0.15, -0.1) is 0 Å². The maximum atomic E-state index is 12.3. The zero-order valence-corrected chi connectivity index (χ0v) is 12.1. The number of fused-ring (bicyclic) bond motifs is 9. The van der Waals surface area contributed by atoms with Gasteiger partial charge in [-0.25, -0.2) is 0 Å². The molecule has 3 saturated carbocycles. The van der Waals surface area contributed by atoms with Gasteiger partial charge in [0.25, 0.3) is 0 Å². The molecule has 110 valence electrons. The Morgan fingerprint density at radius 2 is 2.00 bits per heavy atom. The average molecular weight is 276 g/mol. The smallest absolute Gasteiger partial charge is 0.309 e. The van der Waals surface area contributed by atoms with E-state index >= 15 is 0 Å². The molecule has 0 amide bonds. The van der Waals surface area contributed by atoms with E-state index in [2.05, 4.69) is 12.2 Å². The number of allylic oxidation sites excluding steroid dienone is 2. The van der Waals surface area contributed by atoms with Gasteiger partial charge >= 0.3 is 5.97 Å². The maximum absolute atomic E-state index is 12.3. The second kappa shape index (κ2) is 4.59. The standard InChI is InChI=1S/C17H24O3/c1-2-12(18)8-20-17(19)14-7-11-6-13(14)16-10-4-3-9(5-10)15(11)16/h3-4,9-16,18H,2,5-8H2,1H3. The summed E-state index contributed by atoms with van der Waals surface area (Å²) in [5.74, 6) is 4.51. The van der Waals surface area contributed by atoms with Crippen LogP contribution in [0.25, 0.3) is 0 Å². The number of carbonyl (C=O) groups is 1. The van der Waals surface area contributed by atoms with E-state index in [1.807, 2.05) is 6.92 Å². The third kappa shape index (κ3) is 1.71. The second-order valence-electron chi connectivity index (χ2n) is 7.30. The van der Waals surface area contributed by atoms with Gasteiger partial charge in [0, 0.05) is 0 Å². The molecule has 0 aromatic heterocycles. The lowest BCUT2D eigenvalue weighted by atomic mass is 9.69. The third-order valence-electron chi connectivity index (χ3n) is 6.46. The predicted molar refractivity (Wildman–Crippen MR) is 74.7 cm³/mol. The van der Waals surface area contributed by atoms with Crippen molar-refractivity contribution in [3.8, 4) is 0 Å². The van der Waals surface area contributed by atoms with Crippen LogP contribution in [0.15, 0.2) is 12.2 Å². The SMILES string of the molecule is CCC(O)COC(=O)C1CC2CC1C1C3C=CC(C3)C21. The van der Waals surface area contributed by atoms with E-state index in [1.165, 1.54) is 12.8 Å². The molecule has 3 heteroatoms. The first-order valence-electron chi connectivity index (χ1n) is 8.22. The van der Waals surface area contributed by atoms with Crippen molar-refractivity contribution in [1.82, 2.24) is 0 Å². The third-order valence-corrected chi connectivity index (χ3v) is 6.46. The Morgan fingerprint density at radius 3 is 2.75 bits per heavy atom. The summed E-state index contributed by atoms with van der Waals surface area (Å²) >= 11 is 0. The quantitative estimate of drug-likeness (QED) is 0.487. The summed E-state index contributed by atoms with van der Waals surface area (Å²) in [6.45, 7) is 2.07. The van der Waals surface area contributed by atoms with Crippen LogP contribution in [0.3, 0.4) is 0 Å². The summed E-state index contributed by atoms with van der Waals surface area (Å²) in [6.07, 6.45) is 8.56. The van der Waals surface area contributed by atoms with Gasteiger partial charge in [0.1, 0.15) is 6.61 Å². The van der Waals surface area contributed by atoms with Crippen molar-refractivity contribution in [2.45, 2.75) is 38.7 Å². The highest BCUT2D eigenvalue weighted by molar-refractivity contribution is 5.73. The zero-order chi connectivity index (χ0) is 13.9. The van der Waals surface area contributed by atoms with Crippen LogP contribution in [-0.2, 0) is 9.53 Å². The van der Waals surface area contributed by atoms with E-state index in [0.717, 1.165) is 36.0 Å². The molecule has 0 aliphatic heterocycles. The van der Waals surface area contributed by atoms with Crippen LogP contribution in [0, 0.1) is 41.4 Å². The van der Waals surface area contributed by atoms with Gasteiger partial charge in [-0.05, 0) is 61.2 Å². The molecule has 0 spiro atoms. The lowest BCUT2D eigenvalue weighted by Crippen LogP contribution is -2.36. The van der Waals surface area contributed by atoms with E-state index < -0.39 is 6.10 Å². The molecule has 1 N–H and O–H groups in total. The molecular formula is C17H24O3. The summed E-state index contributed by atoms with van der Waals surface area (Å²) in [6, 6.07) is 0. The summed E-state index contributed by atoms with van der Waals surface area (Å²) in [4.78, 5) is 12.3. The summed E-state index contributed by atoms with van der Waals surface area (Å²) in [5.41, 5.74) is 0. The Hall–Kier alpha value is -0.830. The van der Waals surface area contributed by atoms with Gasteiger partial charge in [-0.2, -0.15) is 0 Å². The Labute approximate surface area is 120 Å². The molecule has 0 heterocycles. The lowest BCUT2D eigenvalue weighted by molar-refractivity contribution is -0.154. The van der Waals surface area contributed by atoms with Gasteiger partial charge in [0.2, 0.25) is 0 Å². The molecule has 8 atom stereocenters. The molecule has 0 aromatic rings. The van der Waals surface area contributed by atoms with Crippen molar-refractivity contribution in [1.29, 1.82) is 0 Å². The number of esters is 1. The molecule has 3 fully saturated rings. The Morgan fingerprint density at radius 1 is 1.25 bits per heavy atom. The maximum Gasteiger partial charge on any atom is 0.309 e. The van der Waals surface area contributed by atoms with Crippen LogP contribution in [0.1, 0.15) is 32.6 Å². The van der Waals surface area contributed by atoms with Gasteiger partial charge in [0.05, 0.1) is 12.0 Å². The number of aliphatic hydroxyl groups excluding tert-OH is 1. The molecule has 8 unspecified atom stereocenters. The molecule has 4 bridgehead atoms. The fourth-order valence-corrected chi connectivity index (χ4v) is 5.69. The summed E-state index contributed by atoms with van der Waals surface area (Å²) in [7, 11) is 0. The van der Waals surface area contributed by atoms with E-state index in [1.54, 1.807) is 0 Å². The first-order valence-corrected chi connectivity index (χ1v) is 8.22. The van der Waals surface area contributed by atoms with Crippen molar-refractivity contribution in [2.75, 3.05) is 6.61 Å². The molecular weight excluding hydrogens is 252 g/mol. The minimum atomic E-state index is -0.504. The van der Waals surface area contributed by atoms with Crippen molar-refractivity contribution in [3.63, 3.8) is 0 Å². The van der Waals surface area contributed by atoms with Crippen molar-refractivity contribution < 1.29 is 14.6 Å². The highest BCUT2D eigenvalue weighted by atomic mass is 16.5. The molecule has 4 aliphatic carbocycles. The van der Waals surface area contributed by atoms with E-state index in [4.69, 9.17) is 4.74 Å². The Kier molecular flexibility index (Phi) is 2.95. The normalized spacial score (nSPS) is 48.6. The first kappa shape index (κ1) is 12.9. The van der Waals surface area contributed by atoms with Crippen LogP contribution in [0.5, 0.6) is 0 Å². The largest absolute Gasteiger partial charge is 0.463 e. The number of ether oxygens (including phenoxy) is 1. The van der Waals surface area contributed by atoms with Crippen LogP contribution in [0.2, 0.25) is 0 Å². The average Bonchev–Trinajstić information content (AvgIpc) is 3.20. The molecule has 0 aromatic carbocycles. The molecule has 3 nitrogen and oxygen atoms in total. The Balaban J connectivity index is 1.43.